The SMILES string of the molecule is CCN(c1cc(C)cc(C(=O)NCc2cccn2C)c1C)C1CCOCC1. The Kier molecular flexibility index (Phi) is 6.22. The predicted molar refractivity (Wildman–Crippen MR) is 109 cm³/mol. The number of aromatic nitrogens is 1. The van der Waals surface area contributed by atoms with Crippen molar-refractivity contribution >= 4 is 11.6 Å². The monoisotopic (exact) mass is 369 g/mol. The van der Waals surface area contributed by atoms with E-state index in [-0.39, 0.29) is 5.91 Å². The number of carbonyl (C=O) groups is 1. The highest BCUT2D eigenvalue weighted by Gasteiger charge is 2.24. The average Bonchev–Trinajstić information content (AvgIpc) is 3.08. The highest BCUT2D eigenvalue weighted by atomic mass is 16.5. The topological polar surface area (TPSA) is 46.5 Å². The van der Waals surface area contributed by atoms with Crippen LogP contribution in [0.4, 0.5) is 5.69 Å². The summed E-state index contributed by atoms with van der Waals surface area (Å²) in [6.45, 7) is 9.41. The fraction of sp³-hybridized carbons (Fsp3) is 0.500. The summed E-state index contributed by atoms with van der Waals surface area (Å²) in [6, 6.07) is 8.70. The molecule has 1 N–H and O–H groups in total. The molecule has 5 heteroatoms. The molecule has 1 fully saturated rings. The normalized spacial score (nSPS) is 15.0. The second-order valence-corrected chi connectivity index (χ2v) is 7.38. The van der Waals surface area contributed by atoms with Crippen LogP contribution in [0.15, 0.2) is 30.5 Å². The molecular formula is C22H31N3O2. The lowest BCUT2D eigenvalue weighted by molar-refractivity contribution is 0.0845. The van der Waals surface area contributed by atoms with Crippen molar-refractivity contribution in [2.75, 3.05) is 24.7 Å². The van der Waals surface area contributed by atoms with Crippen molar-refractivity contribution < 1.29 is 9.53 Å². The van der Waals surface area contributed by atoms with Crippen LogP contribution in [-0.2, 0) is 18.3 Å². The van der Waals surface area contributed by atoms with E-state index in [2.05, 4.69) is 37.1 Å². The van der Waals surface area contributed by atoms with Crippen molar-refractivity contribution in [3.63, 3.8) is 0 Å². The van der Waals surface area contributed by atoms with Crippen LogP contribution in [0.3, 0.4) is 0 Å². The molecule has 5 nitrogen and oxygen atoms in total. The van der Waals surface area contributed by atoms with Crippen molar-refractivity contribution in [3.05, 3.63) is 52.8 Å². The number of carbonyl (C=O) groups excluding carboxylic acids is 1. The molecule has 1 aliphatic heterocycles. The van der Waals surface area contributed by atoms with Crippen molar-refractivity contribution in [2.45, 2.75) is 46.2 Å². The zero-order valence-electron chi connectivity index (χ0n) is 16.9. The van der Waals surface area contributed by atoms with E-state index in [4.69, 9.17) is 4.74 Å². The summed E-state index contributed by atoms with van der Waals surface area (Å²) >= 11 is 0. The molecule has 0 unspecified atom stereocenters. The maximum Gasteiger partial charge on any atom is 0.251 e. The number of nitrogens with one attached hydrogen (secondary N) is 1. The minimum Gasteiger partial charge on any atom is -0.381 e. The molecule has 0 atom stereocenters. The average molecular weight is 370 g/mol. The molecule has 0 bridgehead atoms. The molecule has 0 aliphatic carbocycles. The largest absolute Gasteiger partial charge is 0.381 e. The van der Waals surface area contributed by atoms with E-state index in [0.717, 1.165) is 55.0 Å². The van der Waals surface area contributed by atoms with Gasteiger partial charge in [-0.25, -0.2) is 0 Å². The predicted octanol–water partition coefficient (Wildman–Crippen LogP) is 3.58. The quantitative estimate of drug-likeness (QED) is 0.847. The van der Waals surface area contributed by atoms with E-state index < -0.39 is 0 Å². The third kappa shape index (κ3) is 4.35. The van der Waals surface area contributed by atoms with Gasteiger partial charge in [0.05, 0.1) is 6.54 Å². The molecule has 1 aromatic carbocycles. The maximum atomic E-state index is 12.9. The summed E-state index contributed by atoms with van der Waals surface area (Å²) in [4.78, 5) is 15.3. The van der Waals surface area contributed by atoms with Gasteiger partial charge in [-0.2, -0.15) is 0 Å². The van der Waals surface area contributed by atoms with Crippen LogP contribution >= 0.6 is 0 Å². The van der Waals surface area contributed by atoms with Gasteiger partial charge in [0.1, 0.15) is 0 Å². The lowest BCUT2D eigenvalue weighted by atomic mass is 9.98. The number of anilines is 1. The Bertz CT molecular complexity index is 791. The summed E-state index contributed by atoms with van der Waals surface area (Å²) in [5, 5.41) is 3.08. The lowest BCUT2D eigenvalue weighted by Gasteiger charge is -2.36. The van der Waals surface area contributed by atoms with Gasteiger partial charge in [0.15, 0.2) is 0 Å². The van der Waals surface area contributed by atoms with Crippen molar-refractivity contribution in [1.82, 2.24) is 9.88 Å². The number of benzene rings is 1. The first-order valence-corrected chi connectivity index (χ1v) is 9.85. The molecule has 146 valence electrons. The molecule has 1 saturated heterocycles. The summed E-state index contributed by atoms with van der Waals surface area (Å²) in [5.74, 6) is -0.0123. The number of ether oxygens (including phenoxy) is 1. The maximum absolute atomic E-state index is 12.9. The highest BCUT2D eigenvalue weighted by Crippen LogP contribution is 2.29. The van der Waals surface area contributed by atoms with Crippen LogP contribution in [0.2, 0.25) is 0 Å². The first-order chi connectivity index (χ1) is 13.0. The third-order valence-electron chi connectivity index (χ3n) is 5.53. The molecule has 2 heterocycles. The fourth-order valence-electron chi connectivity index (χ4n) is 3.94. The van der Waals surface area contributed by atoms with Crippen LogP contribution < -0.4 is 10.2 Å². The van der Waals surface area contributed by atoms with E-state index in [1.807, 2.05) is 36.0 Å². The summed E-state index contributed by atoms with van der Waals surface area (Å²) in [5.41, 5.74) is 5.20. The minimum absolute atomic E-state index is 0.0123. The molecule has 0 saturated carbocycles. The highest BCUT2D eigenvalue weighted by molar-refractivity contribution is 5.97. The van der Waals surface area contributed by atoms with Gasteiger partial charge in [-0.15, -0.1) is 0 Å². The molecule has 0 radical (unpaired) electrons. The smallest absolute Gasteiger partial charge is 0.251 e. The fourth-order valence-corrected chi connectivity index (χ4v) is 3.94. The van der Waals surface area contributed by atoms with Gasteiger partial charge < -0.3 is 19.5 Å². The number of hydrogen-bond donors (Lipinski definition) is 1. The molecule has 3 rings (SSSR count). The van der Waals surface area contributed by atoms with Gasteiger partial charge in [-0.1, -0.05) is 0 Å². The van der Waals surface area contributed by atoms with Gasteiger partial charge >= 0.3 is 0 Å². The summed E-state index contributed by atoms with van der Waals surface area (Å²) in [7, 11) is 1.99. The number of nitrogens with zero attached hydrogens (tertiary/aromatic N) is 2. The van der Waals surface area contributed by atoms with Gasteiger partial charge in [0.25, 0.3) is 5.91 Å². The molecular weight excluding hydrogens is 338 g/mol. The Morgan fingerprint density at radius 3 is 2.67 bits per heavy atom. The Labute approximate surface area is 162 Å². The zero-order valence-corrected chi connectivity index (χ0v) is 16.9. The summed E-state index contributed by atoms with van der Waals surface area (Å²) in [6.07, 6.45) is 4.07. The Morgan fingerprint density at radius 1 is 1.30 bits per heavy atom. The minimum atomic E-state index is -0.0123. The summed E-state index contributed by atoms with van der Waals surface area (Å²) < 4.78 is 7.56. The van der Waals surface area contributed by atoms with Crippen LogP contribution in [0.25, 0.3) is 0 Å². The van der Waals surface area contributed by atoms with E-state index >= 15 is 0 Å². The lowest BCUT2D eigenvalue weighted by Crippen LogP contribution is -2.40. The van der Waals surface area contributed by atoms with Crippen LogP contribution in [0, 0.1) is 13.8 Å². The standard InChI is InChI=1S/C22H31N3O2/c1-5-25(18-8-11-27-12-9-18)21-14-16(2)13-20(17(21)3)22(26)23-15-19-7-6-10-24(19)4/h6-7,10,13-14,18H,5,8-9,11-12,15H2,1-4H3,(H,23,26). The van der Waals surface area contributed by atoms with E-state index in [1.54, 1.807) is 0 Å². The van der Waals surface area contributed by atoms with E-state index in [0.29, 0.717) is 12.6 Å². The van der Waals surface area contributed by atoms with E-state index in [9.17, 15) is 4.79 Å². The van der Waals surface area contributed by atoms with Crippen LogP contribution in [0.1, 0.15) is 46.9 Å². The molecule has 1 aliphatic rings. The second-order valence-electron chi connectivity index (χ2n) is 7.38. The molecule has 2 aromatic rings. The van der Waals surface area contributed by atoms with Crippen LogP contribution in [0.5, 0.6) is 0 Å². The molecule has 1 aromatic heterocycles. The first-order valence-electron chi connectivity index (χ1n) is 9.85. The van der Waals surface area contributed by atoms with Gasteiger partial charge in [-0.05, 0) is 69.0 Å². The van der Waals surface area contributed by atoms with Crippen molar-refractivity contribution in [3.8, 4) is 0 Å². The van der Waals surface area contributed by atoms with E-state index in [1.165, 1.54) is 5.69 Å². The Morgan fingerprint density at radius 2 is 2.04 bits per heavy atom. The van der Waals surface area contributed by atoms with Crippen LogP contribution in [-0.4, -0.2) is 36.3 Å². The number of aryl methyl sites for hydroxylation is 2. The van der Waals surface area contributed by atoms with Crippen molar-refractivity contribution in [1.29, 1.82) is 0 Å². The van der Waals surface area contributed by atoms with Gasteiger partial charge in [-0.3, -0.25) is 4.79 Å². The number of rotatable bonds is 6. The molecule has 27 heavy (non-hydrogen) atoms. The second kappa shape index (κ2) is 8.61. The number of amides is 1. The molecule has 1 amide bonds. The van der Waals surface area contributed by atoms with Crippen molar-refractivity contribution in [2.24, 2.45) is 7.05 Å². The third-order valence-corrected chi connectivity index (χ3v) is 5.53. The number of hydrogen-bond acceptors (Lipinski definition) is 3. The Hall–Kier alpha value is -2.27. The first kappa shape index (κ1) is 19.5. The Balaban J connectivity index is 1.83. The zero-order chi connectivity index (χ0) is 19.4. The molecule has 0 spiro atoms. The van der Waals surface area contributed by atoms with Gasteiger partial charge in [0.2, 0.25) is 0 Å². The van der Waals surface area contributed by atoms with Gasteiger partial charge in [0, 0.05) is 56.0 Å².